The van der Waals surface area contributed by atoms with Crippen LogP contribution in [-0.4, -0.2) is 28.1 Å². The van der Waals surface area contributed by atoms with Gasteiger partial charge in [-0.1, -0.05) is 42.0 Å². The minimum absolute atomic E-state index is 0.137. The number of hydrogen-bond acceptors (Lipinski definition) is 3. The van der Waals surface area contributed by atoms with Gasteiger partial charge in [0.25, 0.3) is 0 Å². The number of benzene rings is 2. The van der Waals surface area contributed by atoms with Crippen molar-refractivity contribution in [2.75, 3.05) is 5.32 Å². The molecule has 0 aromatic heterocycles. The van der Waals surface area contributed by atoms with Gasteiger partial charge in [0, 0.05) is 5.69 Å². The molecule has 2 aromatic rings. The van der Waals surface area contributed by atoms with Crippen LogP contribution in [0.15, 0.2) is 48.5 Å². The van der Waals surface area contributed by atoms with Crippen LogP contribution in [0, 0.1) is 12.3 Å². The Morgan fingerprint density at radius 2 is 1.69 bits per heavy atom. The van der Waals surface area contributed by atoms with E-state index in [1.54, 1.807) is 36.4 Å². The summed E-state index contributed by atoms with van der Waals surface area (Å²) in [4.78, 5) is 36.5. The molecule has 0 saturated heterocycles. The zero-order chi connectivity index (χ0) is 18.9. The number of carboxylic acids is 2. The van der Waals surface area contributed by atoms with Crippen molar-refractivity contribution in [2.24, 2.45) is 5.41 Å². The Morgan fingerprint density at radius 3 is 2.31 bits per heavy atom. The van der Waals surface area contributed by atoms with Crippen LogP contribution in [0.1, 0.15) is 29.0 Å². The molecule has 1 aliphatic carbocycles. The van der Waals surface area contributed by atoms with Crippen molar-refractivity contribution in [3.05, 3.63) is 65.2 Å². The standard InChI is InChI=1S/C20H19NO5/c1-12-7-8-13-10-20(18(23)24,19(25)26)11-16(15(13)9-12)17(22)21-14-5-3-2-4-6-14/h2-9,16H,10-11H2,1H3,(H,21,22)(H,23,24)(H,25,26). The number of aliphatic carboxylic acids is 2. The van der Waals surface area contributed by atoms with Gasteiger partial charge in [0.1, 0.15) is 0 Å². The number of carbonyl (C=O) groups excluding carboxylic acids is 1. The van der Waals surface area contributed by atoms with Gasteiger partial charge in [0.05, 0.1) is 5.92 Å². The molecule has 0 aliphatic heterocycles. The van der Waals surface area contributed by atoms with Crippen molar-refractivity contribution in [1.82, 2.24) is 0 Å². The number of aryl methyl sites for hydroxylation is 1. The van der Waals surface area contributed by atoms with E-state index in [1.807, 2.05) is 19.1 Å². The second-order valence-electron chi connectivity index (χ2n) is 6.68. The van der Waals surface area contributed by atoms with E-state index in [9.17, 15) is 24.6 Å². The molecule has 6 heteroatoms. The Balaban J connectivity index is 2.04. The van der Waals surface area contributed by atoms with Gasteiger partial charge in [0.15, 0.2) is 5.41 Å². The van der Waals surface area contributed by atoms with Crippen LogP contribution < -0.4 is 5.32 Å². The molecule has 1 aliphatic rings. The first-order chi connectivity index (χ1) is 12.3. The van der Waals surface area contributed by atoms with E-state index in [0.717, 1.165) is 5.56 Å². The first-order valence-corrected chi connectivity index (χ1v) is 8.25. The largest absolute Gasteiger partial charge is 0.480 e. The van der Waals surface area contributed by atoms with Crippen molar-refractivity contribution < 1.29 is 24.6 Å². The number of amides is 1. The third-order valence-electron chi connectivity index (χ3n) is 4.90. The minimum Gasteiger partial charge on any atom is -0.480 e. The Morgan fingerprint density at radius 1 is 1.04 bits per heavy atom. The molecule has 1 unspecified atom stereocenters. The minimum atomic E-state index is -2.01. The number of anilines is 1. The topological polar surface area (TPSA) is 104 Å². The summed E-state index contributed by atoms with van der Waals surface area (Å²) in [6.45, 7) is 1.88. The van der Waals surface area contributed by atoms with E-state index >= 15 is 0 Å². The number of para-hydroxylation sites is 1. The fraction of sp³-hybridized carbons (Fsp3) is 0.250. The van der Waals surface area contributed by atoms with E-state index in [0.29, 0.717) is 16.8 Å². The van der Waals surface area contributed by atoms with E-state index < -0.39 is 29.2 Å². The first kappa shape index (κ1) is 17.7. The maximum Gasteiger partial charge on any atom is 0.321 e. The summed E-state index contributed by atoms with van der Waals surface area (Å²) in [6.07, 6.45) is -0.421. The van der Waals surface area contributed by atoms with Crippen LogP contribution in [0.4, 0.5) is 5.69 Å². The average Bonchev–Trinajstić information content (AvgIpc) is 2.61. The predicted octanol–water partition coefficient (Wildman–Crippen LogP) is 2.82. The molecule has 0 saturated carbocycles. The Hall–Kier alpha value is -3.15. The summed E-state index contributed by atoms with van der Waals surface area (Å²) in [6, 6.07) is 14.1. The second-order valence-corrected chi connectivity index (χ2v) is 6.68. The Bertz CT molecular complexity index is 861. The van der Waals surface area contributed by atoms with E-state index in [4.69, 9.17) is 0 Å². The maximum absolute atomic E-state index is 12.9. The fourth-order valence-electron chi connectivity index (χ4n) is 3.46. The lowest BCUT2D eigenvalue weighted by Gasteiger charge is -2.35. The van der Waals surface area contributed by atoms with Gasteiger partial charge in [0.2, 0.25) is 5.91 Å². The highest BCUT2D eigenvalue weighted by atomic mass is 16.4. The fourth-order valence-corrected chi connectivity index (χ4v) is 3.46. The van der Waals surface area contributed by atoms with E-state index in [1.165, 1.54) is 0 Å². The first-order valence-electron chi connectivity index (χ1n) is 8.25. The summed E-state index contributed by atoms with van der Waals surface area (Å²) in [5.74, 6) is -4.11. The number of nitrogens with one attached hydrogen (secondary N) is 1. The van der Waals surface area contributed by atoms with Crippen molar-refractivity contribution in [2.45, 2.75) is 25.7 Å². The second kappa shape index (κ2) is 6.63. The number of carboxylic acid groups (broad SMARTS) is 2. The highest BCUT2D eigenvalue weighted by Crippen LogP contribution is 2.44. The Labute approximate surface area is 150 Å². The Kier molecular flexibility index (Phi) is 4.50. The molecule has 2 aromatic carbocycles. The molecule has 1 amide bonds. The van der Waals surface area contributed by atoms with Crippen molar-refractivity contribution in [3.63, 3.8) is 0 Å². The van der Waals surface area contributed by atoms with Crippen LogP contribution in [0.2, 0.25) is 0 Å². The van der Waals surface area contributed by atoms with Gasteiger partial charge in [-0.15, -0.1) is 0 Å². The van der Waals surface area contributed by atoms with Crippen LogP contribution in [0.3, 0.4) is 0 Å². The molecule has 0 spiro atoms. The molecule has 3 rings (SSSR count). The van der Waals surface area contributed by atoms with Crippen molar-refractivity contribution >= 4 is 23.5 Å². The summed E-state index contributed by atoms with van der Waals surface area (Å²) >= 11 is 0. The molecule has 0 heterocycles. The SMILES string of the molecule is Cc1ccc2c(c1)C(C(=O)Nc1ccccc1)CC(C(=O)O)(C(=O)O)C2. The summed E-state index contributed by atoms with van der Waals surface area (Å²) in [7, 11) is 0. The number of rotatable bonds is 4. The van der Waals surface area contributed by atoms with Gasteiger partial charge in [-0.25, -0.2) is 0 Å². The normalized spacial score (nSPS) is 17.8. The lowest BCUT2D eigenvalue weighted by atomic mass is 9.66. The zero-order valence-electron chi connectivity index (χ0n) is 14.2. The van der Waals surface area contributed by atoms with Crippen molar-refractivity contribution in [3.8, 4) is 0 Å². The molecular formula is C20H19NO5. The number of hydrogen-bond donors (Lipinski definition) is 3. The molecule has 0 bridgehead atoms. The van der Waals surface area contributed by atoms with Gasteiger partial charge < -0.3 is 15.5 Å². The third kappa shape index (κ3) is 3.06. The summed E-state index contributed by atoms with van der Waals surface area (Å²) in [5.41, 5.74) is 0.769. The number of carbonyl (C=O) groups is 3. The van der Waals surface area contributed by atoms with E-state index in [2.05, 4.69) is 5.32 Å². The van der Waals surface area contributed by atoms with Crippen LogP contribution >= 0.6 is 0 Å². The molecular weight excluding hydrogens is 334 g/mol. The highest BCUT2D eigenvalue weighted by Gasteiger charge is 2.52. The molecule has 1 atom stereocenters. The van der Waals surface area contributed by atoms with Crippen LogP contribution in [0.25, 0.3) is 0 Å². The lowest BCUT2D eigenvalue weighted by molar-refractivity contribution is -0.166. The average molecular weight is 353 g/mol. The molecule has 6 nitrogen and oxygen atoms in total. The van der Waals surface area contributed by atoms with Crippen molar-refractivity contribution in [1.29, 1.82) is 0 Å². The molecule has 0 radical (unpaired) electrons. The quantitative estimate of drug-likeness (QED) is 0.733. The monoisotopic (exact) mass is 353 g/mol. The zero-order valence-corrected chi connectivity index (χ0v) is 14.2. The van der Waals surface area contributed by atoms with Gasteiger partial charge in [-0.05, 0) is 43.0 Å². The van der Waals surface area contributed by atoms with Gasteiger partial charge >= 0.3 is 11.9 Å². The number of fused-ring (bicyclic) bond motifs is 1. The maximum atomic E-state index is 12.9. The molecule has 0 fully saturated rings. The summed E-state index contributed by atoms with van der Waals surface area (Å²) in [5, 5.41) is 22.0. The van der Waals surface area contributed by atoms with Gasteiger partial charge in [-0.3, -0.25) is 14.4 Å². The summed E-state index contributed by atoms with van der Waals surface area (Å²) < 4.78 is 0. The van der Waals surface area contributed by atoms with E-state index in [-0.39, 0.29) is 12.8 Å². The van der Waals surface area contributed by atoms with Crippen LogP contribution in [0.5, 0.6) is 0 Å². The smallest absolute Gasteiger partial charge is 0.321 e. The molecule has 134 valence electrons. The lowest BCUT2D eigenvalue weighted by Crippen LogP contribution is -2.47. The van der Waals surface area contributed by atoms with Gasteiger partial charge in [-0.2, -0.15) is 0 Å². The predicted molar refractivity (Wildman–Crippen MR) is 95.0 cm³/mol. The molecule has 3 N–H and O–H groups in total. The third-order valence-corrected chi connectivity index (χ3v) is 4.90. The van der Waals surface area contributed by atoms with Crippen LogP contribution in [-0.2, 0) is 20.8 Å². The molecule has 26 heavy (non-hydrogen) atoms. The highest BCUT2D eigenvalue weighted by molar-refractivity contribution is 6.02.